The molecule has 3 rings (SSSR count). The van der Waals surface area contributed by atoms with Gasteiger partial charge in [0.25, 0.3) is 10.0 Å². The maximum atomic E-state index is 13.6. The smallest absolute Gasteiger partial charge is 0.264 e. The predicted octanol–water partition coefficient (Wildman–Crippen LogP) is 4.81. The van der Waals surface area contributed by atoms with Gasteiger partial charge in [-0.25, -0.2) is 8.42 Å². The first-order valence-electron chi connectivity index (χ1n) is 10.0. The van der Waals surface area contributed by atoms with Crippen molar-refractivity contribution in [3.8, 4) is 11.5 Å². The van der Waals surface area contributed by atoms with Gasteiger partial charge in [0.2, 0.25) is 5.91 Å². The summed E-state index contributed by atoms with van der Waals surface area (Å²) in [5.41, 5.74) is 2.85. The van der Waals surface area contributed by atoms with Crippen molar-refractivity contribution in [2.75, 3.05) is 30.4 Å². The van der Waals surface area contributed by atoms with Crippen molar-refractivity contribution in [1.29, 1.82) is 0 Å². The maximum Gasteiger partial charge on any atom is 0.264 e. The van der Waals surface area contributed by atoms with E-state index in [1.807, 2.05) is 26.0 Å². The van der Waals surface area contributed by atoms with Gasteiger partial charge in [0, 0.05) is 16.8 Å². The fraction of sp³-hybridized carbons (Fsp3) is 0.208. The molecular formula is C24H25ClN2O5S. The zero-order valence-corrected chi connectivity index (χ0v) is 20.3. The molecule has 0 aliphatic rings. The highest BCUT2D eigenvalue weighted by Crippen LogP contribution is 2.32. The van der Waals surface area contributed by atoms with Gasteiger partial charge in [0.05, 0.1) is 24.8 Å². The van der Waals surface area contributed by atoms with E-state index in [9.17, 15) is 13.2 Å². The molecule has 0 fully saturated rings. The van der Waals surface area contributed by atoms with Gasteiger partial charge >= 0.3 is 0 Å². The molecule has 7 nitrogen and oxygen atoms in total. The number of carbonyl (C=O) groups excluding carboxylic acids is 1. The van der Waals surface area contributed by atoms with E-state index in [1.54, 1.807) is 30.3 Å². The second-order valence-corrected chi connectivity index (χ2v) is 9.67. The Balaban J connectivity index is 1.99. The Kier molecular flexibility index (Phi) is 7.50. The number of aryl methyl sites for hydroxylation is 2. The lowest BCUT2D eigenvalue weighted by Crippen LogP contribution is -2.38. The van der Waals surface area contributed by atoms with Crippen LogP contribution in [0.4, 0.5) is 11.4 Å². The number of ether oxygens (including phenoxy) is 2. The quantitative estimate of drug-likeness (QED) is 0.492. The van der Waals surface area contributed by atoms with E-state index in [0.717, 1.165) is 15.4 Å². The molecule has 0 aliphatic heterocycles. The highest BCUT2D eigenvalue weighted by Gasteiger charge is 2.28. The third-order valence-corrected chi connectivity index (χ3v) is 7.02. The fourth-order valence-corrected chi connectivity index (χ4v) is 4.86. The summed E-state index contributed by atoms with van der Waals surface area (Å²) in [4.78, 5) is 12.9. The summed E-state index contributed by atoms with van der Waals surface area (Å²) in [6.45, 7) is 3.39. The molecule has 1 amide bonds. The van der Waals surface area contributed by atoms with E-state index in [2.05, 4.69) is 5.32 Å². The highest BCUT2D eigenvalue weighted by atomic mass is 35.5. The van der Waals surface area contributed by atoms with Crippen molar-refractivity contribution < 1.29 is 22.7 Å². The minimum Gasteiger partial charge on any atom is -0.493 e. The third kappa shape index (κ3) is 5.58. The number of halogens is 1. The van der Waals surface area contributed by atoms with Crippen LogP contribution in [0.15, 0.2) is 65.6 Å². The van der Waals surface area contributed by atoms with Gasteiger partial charge < -0.3 is 14.8 Å². The molecule has 3 aromatic carbocycles. The molecule has 9 heteroatoms. The molecule has 0 atom stereocenters. The number of rotatable bonds is 8. The van der Waals surface area contributed by atoms with Crippen LogP contribution in [0, 0.1) is 13.8 Å². The number of nitrogens with one attached hydrogen (secondary N) is 1. The summed E-state index contributed by atoms with van der Waals surface area (Å²) < 4.78 is 38.7. The number of nitrogens with zero attached hydrogens (tertiary/aromatic N) is 1. The van der Waals surface area contributed by atoms with E-state index >= 15 is 0 Å². The molecule has 0 radical (unpaired) electrons. The molecule has 0 spiro atoms. The van der Waals surface area contributed by atoms with Gasteiger partial charge in [-0.1, -0.05) is 29.3 Å². The fourth-order valence-electron chi connectivity index (χ4n) is 3.30. The standard InChI is InChI=1S/C24H25ClN2O5S/c1-16-5-11-21(17(2)13-16)26-24(28)15-27(19-8-6-18(25)7-9-19)33(29,30)20-10-12-22(31-3)23(14-20)32-4/h5-14H,15H2,1-4H3,(H,26,28). The number of sulfonamides is 1. The average molecular weight is 489 g/mol. The normalized spacial score (nSPS) is 11.1. The first-order chi connectivity index (χ1) is 15.6. The van der Waals surface area contributed by atoms with Crippen LogP contribution in [0.1, 0.15) is 11.1 Å². The Labute approximate surface area is 198 Å². The average Bonchev–Trinajstić information content (AvgIpc) is 2.79. The lowest BCUT2D eigenvalue weighted by Gasteiger charge is -2.25. The Morgan fingerprint density at radius 1 is 0.939 bits per heavy atom. The maximum absolute atomic E-state index is 13.6. The molecular weight excluding hydrogens is 464 g/mol. The van der Waals surface area contributed by atoms with Crippen molar-refractivity contribution in [1.82, 2.24) is 0 Å². The van der Waals surface area contributed by atoms with E-state index in [4.69, 9.17) is 21.1 Å². The van der Waals surface area contributed by atoms with Crippen LogP contribution in [0.2, 0.25) is 5.02 Å². The van der Waals surface area contributed by atoms with Crippen LogP contribution >= 0.6 is 11.6 Å². The van der Waals surface area contributed by atoms with Crippen molar-refractivity contribution in [3.05, 3.63) is 76.8 Å². The SMILES string of the molecule is COc1ccc(S(=O)(=O)N(CC(=O)Nc2ccc(C)cc2C)c2ccc(Cl)cc2)cc1OC. The van der Waals surface area contributed by atoms with Crippen LogP contribution in [0.5, 0.6) is 11.5 Å². The summed E-state index contributed by atoms with van der Waals surface area (Å²) in [5, 5.41) is 3.24. The minimum atomic E-state index is -4.13. The zero-order valence-electron chi connectivity index (χ0n) is 18.8. The number of amides is 1. The van der Waals surface area contributed by atoms with Crippen molar-refractivity contribution >= 4 is 38.9 Å². The zero-order chi connectivity index (χ0) is 24.2. The van der Waals surface area contributed by atoms with Crippen molar-refractivity contribution in [2.24, 2.45) is 0 Å². The van der Waals surface area contributed by atoms with Crippen molar-refractivity contribution in [2.45, 2.75) is 18.7 Å². The molecule has 33 heavy (non-hydrogen) atoms. The number of hydrogen-bond donors (Lipinski definition) is 1. The van der Waals surface area contributed by atoms with Crippen LogP contribution in [0.3, 0.4) is 0 Å². The van der Waals surface area contributed by atoms with Gasteiger partial charge in [-0.2, -0.15) is 0 Å². The van der Waals surface area contributed by atoms with E-state index in [1.165, 1.54) is 32.4 Å². The second-order valence-electron chi connectivity index (χ2n) is 7.37. The Morgan fingerprint density at radius 2 is 1.61 bits per heavy atom. The summed E-state index contributed by atoms with van der Waals surface area (Å²) in [6.07, 6.45) is 0. The molecule has 0 aliphatic carbocycles. The highest BCUT2D eigenvalue weighted by molar-refractivity contribution is 7.92. The minimum absolute atomic E-state index is 0.0468. The monoisotopic (exact) mass is 488 g/mol. The van der Waals surface area contributed by atoms with Gasteiger partial charge in [0.1, 0.15) is 6.54 Å². The van der Waals surface area contributed by atoms with Gasteiger partial charge in [-0.05, 0) is 61.9 Å². The first-order valence-corrected chi connectivity index (χ1v) is 11.8. The van der Waals surface area contributed by atoms with E-state index < -0.39 is 22.5 Å². The number of benzene rings is 3. The van der Waals surface area contributed by atoms with Crippen molar-refractivity contribution in [3.63, 3.8) is 0 Å². The van der Waals surface area contributed by atoms with Crippen LogP contribution in [-0.4, -0.2) is 35.1 Å². The molecule has 3 aromatic rings. The van der Waals surface area contributed by atoms with E-state index in [0.29, 0.717) is 22.1 Å². The summed E-state index contributed by atoms with van der Waals surface area (Å²) in [5.74, 6) is 0.164. The number of methoxy groups -OCH3 is 2. The van der Waals surface area contributed by atoms with Gasteiger partial charge in [0.15, 0.2) is 11.5 Å². The molecule has 0 aromatic heterocycles. The molecule has 0 unspecified atom stereocenters. The van der Waals surface area contributed by atoms with Crippen LogP contribution in [-0.2, 0) is 14.8 Å². The predicted molar refractivity (Wildman–Crippen MR) is 130 cm³/mol. The van der Waals surface area contributed by atoms with Crippen LogP contribution in [0.25, 0.3) is 0 Å². The summed E-state index contributed by atoms with van der Waals surface area (Å²) in [6, 6.07) is 16.1. The summed E-state index contributed by atoms with van der Waals surface area (Å²) in [7, 11) is -1.25. The Hall–Kier alpha value is -3.23. The number of hydrogen-bond acceptors (Lipinski definition) is 5. The lowest BCUT2D eigenvalue weighted by atomic mass is 10.1. The Bertz CT molecular complexity index is 1260. The van der Waals surface area contributed by atoms with Gasteiger partial charge in [-0.3, -0.25) is 9.10 Å². The molecule has 0 heterocycles. The third-order valence-electron chi connectivity index (χ3n) is 5.00. The lowest BCUT2D eigenvalue weighted by molar-refractivity contribution is -0.114. The second kappa shape index (κ2) is 10.1. The Morgan fingerprint density at radius 3 is 2.21 bits per heavy atom. The largest absolute Gasteiger partial charge is 0.493 e. The summed E-state index contributed by atoms with van der Waals surface area (Å²) >= 11 is 5.99. The number of anilines is 2. The first kappa shape index (κ1) is 24.4. The van der Waals surface area contributed by atoms with Crippen LogP contribution < -0.4 is 19.1 Å². The molecule has 0 saturated heterocycles. The number of carbonyl (C=O) groups is 1. The molecule has 0 saturated carbocycles. The molecule has 174 valence electrons. The van der Waals surface area contributed by atoms with E-state index in [-0.39, 0.29) is 10.6 Å². The van der Waals surface area contributed by atoms with Gasteiger partial charge in [-0.15, -0.1) is 0 Å². The molecule has 1 N–H and O–H groups in total. The molecule has 0 bridgehead atoms. The topological polar surface area (TPSA) is 84.9 Å².